The molecule has 0 spiro atoms. The number of ether oxygens (including phenoxy) is 1. The van der Waals surface area contributed by atoms with Crippen molar-refractivity contribution in [2.24, 2.45) is 23.2 Å². The molecule has 0 atom stereocenters. The Morgan fingerprint density at radius 3 is 2.30 bits per heavy atom. The summed E-state index contributed by atoms with van der Waals surface area (Å²) in [6, 6.07) is 16.6. The fourth-order valence-electron chi connectivity index (χ4n) is 7.07. The highest BCUT2D eigenvalue weighted by atomic mass is 16.5. The minimum atomic E-state index is -0.272. The Labute approximate surface area is 193 Å². The number of carbonyl (C=O) groups is 1. The number of aromatic nitrogens is 2. The van der Waals surface area contributed by atoms with Crippen LogP contribution in [0.3, 0.4) is 0 Å². The molecule has 0 saturated heterocycles. The highest BCUT2D eigenvalue weighted by molar-refractivity contribution is 5.85. The summed E-state index contributed by atoms with van der Waals surface area (Å²) in [6.45, 7) is 0.0851. The maximum absolute atomic E-state index is 13.3. The van der Waals surface area contributed by atoms with Crippen LogP contribution < -0.4 is 15.7 Å². The lowest BCUT2D eigenvalue weighted by Gasteiger charge is -2.56. The summed E-state index contributed by atoms with van der Waals surface area (Å²) in [4.78, 5) is 31.2. The third kappa shape index (κ3) is 3.92. The minimum Gasteiger partial charge on any atom is -0.486 e. The first-order chi connectivity index (χ1) is 16.1. The van der Waals surface area contributed by atoms with E-state index in [1.54, 1.807) is 6.07 Å². The zero-order valence-electron chi connectivity index (χ0n) is 18.7. The van der Waals surface area contributed by atoms with E-state index in [9.17, 15) is 9.59 Å². The van der Waals surface area contributed by atoms with Crippen molar-refractivity contribution in [1.29, 1.82) is 0 Å². The van der Waals surface area contributed by atoms with Crippen LogP contribution in [-0.4, -0.2) is 15.6 Å². The van der Waals surface area contributed by atoms with Crippen LogP contribution in [0.4, 0.5) is 0 Å². The topological polar surface area (TPSA) is 73.2 Å². The Morgan fingerprint density at radius 2 is 1.61 bits per heavy atom. The van der Waals surface area contributed by atoms with Crippen LogP contribution in [0.1, 0.15) is 50.8 Å². The SMILES string of the molecule is O=C(CC12CC3CC(CC(C3)C1)C2)Nn1c(COc2ccccc2)nc2ccccc2c1=O. The quantitative estimate of drug-likeness (QED) is 0.602. The third-order valence-electron chi connectivity index (χ3n) is 7.89. The number of carbonyl (C=O) groups excluding carboxylic acids is 1. The first-order valence-electron chi connectivity index (χ1n) is 12.1. The average Bonchev–Trinajstić information content (AvgIpc) is 2.79. The van der Waals surface area contributed by atoms with Gasteiger partial charge in [0, 0.05) is 6.42 Å². The predicted octanol–water partition coefficient (Wildman–Crippen LogP) is 4.65. The summed E-state index contributed by atoms with van der Waals surface area (Å²) in [5.74, 6) is 3.32. The number of amides is 1. The third-order valence-corrected chi connectivity index (χ3v) is 7.89. The summed E-state index contributed by atoms with van der Waals surface area (Å²) in [5, 5.41) is 0.482. The lowest BCUT2D eigenvalue weighted by molar-refractivity contribution is -0.125. The van der Waals surface area contributed by atoms with E-state index in [1.807, 2.05) is 48.5 Å². The minimum absolute atomic E-state index is 0.0851. The molecule has 7 rings (SSSR count). The molecule has 33 heavy (non-hydrogen) atoms. The maximum atomic E-state index is 13.3. The fourth-order valence-corrected chi connectivity index (χ4v) is 7.07. The molecular formula is C27H29N3O3. The maximum Gasteiger partial charge on any atom is 0.280 e. The van der Waals surface area contributed by atoms with Gasteiger partial charge in [-0.1, -0.05) is 30.3 Å². The van der Waals surface area contributed by atoms with Gasteiger partial charge in [-0.2, -0.15) is 4.68 Å². The van der Waals surface area contributed by atoms with Crippen LogP contribution >= 0.6 is 0 Å². The number of hydrogen-bond donors (Lipinski definition) is 1. The first-order valence-corrected chi connectivity index (χ1v) is 12.1. The number of nitrogens with one attached hydrogen (secondary N) is 1. The first kappa shape index (κ1) is 20.5. The molecule has 0 unspecified atom stereocenters. The lowest BCUT2D eigenvalue weighted by Crippen LogP contribution is -2.48. The summed E-state index contributed by atoms with van der Waals surface area (Å²) in [7, 11) is 0. The molecule has 1 heterocycles. The lowest BCUT2D eigenvalue weighted by atomic mass is 9.49. The molecule has 1 aromatic heterocycles. The number of rotatable bonds is 6. The van der Waals surface area contributed by atoms with Crippen LogP contribution in [0, 0.1) is 23.2 Å². The molecule has 2 aromatic carbocycles. The number of hydrogen-bond acceptors (Lipinski definition) is 4. The van der Waals surface area contributed by atoms with E-state index in [4.69, 9.17) is 4.74 Å². The molecule has 0 radical (unpaired) electrons. The van der Waals surface area contributed by atoms with Gasteiger partial charge >= 0.3 is 0 Å². The molecule has 4 saturated carbocycles. The molecule has 1 amide bonds. The largest absolute Gasteiger partial charge is 0.486 e. The number of para-hydroxylation sites is 2. The summed E-state index contributed by atoms with van der Waals surface area (Å²) >= 11 is 0. The zero-order valence-corrected chi connectivity index (χ0v) is 18.7. The smallest absolute Gasteiger partial charge is 0.280 e. The zero-order chi connectivity index (χ0) is 22.4. The Bertz CT molecular complexity index is 1220. The van der Waals surface area contributed by atoms with E-state index in [1.165, 1.54) is 23.9 Å². The number of nitrogens with zero attached hydrogens (tertiary/aromatic N) is 2. The molecular weight excluding hydrogens is 414 g/mol. The van der Waals surface area contributed by atoms with Crippen molar-refractivity contribution < 1.29 is 9.53 Å². The molecule has 6 nitrogen and oxygen atoms in total. The van der Waals surface area contributed by atoms with Crippen molar-refractivity contribution in [3.05, 3.63) is 70.8 Å². The van der Waals surface area contributed by atoms with Crippen molar-refractivity contribution in [3.8, 4) is 5.75 Å². The Hall–Kier alpha value is -3.15. The van der Waals surface area contributed by atoms with Crippen LogP contribution in [0.25, 0.3) is 10.9 Å². The molecule has 4 aliphatic rings. The molecule has 3 aromatic rings. The Morgan fingerprint density at radius 1 is 0.970 bits per heavy atom. The highest BCUT2D eigenvalue weighted by Gasteiger charge is 2.51. The van der Waals surface area contributed by atoms with Gasteiger partial charge in [0.15, 0.2) is 5.82 Å². The monoisotopic (exact) mass is 443 g/mol. The van der Waals surface area contributed by atoms with Crippen LogP contribution in [0.5, 0.6) is 5.75 Å². The van der Waals surface area contributed by atoms with E-state index >= 15 is 0 Å². The molecule has 4 bridgehead atoms. The van der Waals surface area contributed by atoms with E-state index in [0.717, 1.165) is 37.0 Å². The molecule has 6 heteroatoms. The van der Waals surface area contributed by atoms with E-state index in [0.29, 0.717) is 28.9 Å². The standard InChI is InChI=1S/C27H29N3O3/c31-25(16-27-13-18-10-19(14-27)12-20(11-18)15-27)29-30-24(17-33-21-6-2-1-3-7-21)28-23-9-5-4-8-22(23)26(30)32/h1-9,18-20H,10-17H2,(H,29,31). The fraction of sp³-hybridized carbons (Fsp3) is 0.444. The van der Waals surface area contributed by atoms with Gasteiger partial charge in [-0.15, -0.1) is 0 Å². The van der Waals surface area contributed by atoms with Gasteiger partial charge in [-0.3, -0.25) is 15.0 Å². The molecule has 170 valence electrons. The number of benzene rings is 2. The van der Waals surface area contributed by atoms with Crippen molar-refractivity contribution in [1.82, 2.24) is 9.66 Å². The van der Waals surface area contributed by atoms with Crippen LogP contribution in [0.2, 0.25) is 0 Å². The van der Waals surface area contributed by atoms with Crippen molar-refractivity contribution in [3.63, 3.8) is 0 Å². The van der Waals surface area contributed by atoms with E-state index in [2.05, 4.69) is 10.4 Å². The van der Waals surface area contributed by atoms with Gasteiger partial charge < -0.3 is 4.74 Å². The summed E-state index contributed by atoms with van der Waals surface area (Å²) < 4.78 is 7.18. The summed E-state index contributed by atoms with van der Waals surface area (Å²) in [6.07, 6.45) is 7.97. The van der Waals surface area contributed by atoms with Gasteiger partial charge in [-0.25, -0.2) is 4.98 Å². The van der Waals surface area contributed by atoms with Gasteiger partial charge in [0.2, 0.25) is 5.91 Å². The summed E-state index contributed by atoms with van der Waals surface area (Å²) in [5.41, 5.74) is 3.34. The molecule has 0 aliphatic heterocycles. The molecule has 4 aliphatic carbocycles. The normalized spacial score (nSPS) is 27.6. The van der Waals surface area contributed by atoms with Crippen molar-refractivity contribution >= 4 is 16.8 Å². The number of fused-ring (bicyclic) bond motifs is 1. The predicted molar refractivity (Wildman–Crippen MR) is 126 cm³/mol. The van der Waals surface area contributed by atoms with Crippen LogP contribution in [0.15, 0.2) is 59.4 Å². The second-order valence-corrected chi connectivity index (χ2v) is 10.4. The van der Waals surface area contributed by atoms with Crippen molar-refractivity contribution in [2.45, 2.75) is 51.6 Å². The Kier molecular flexibility index (Phi) is 4.97. The van der Waals surface area contributed by atoms with Crippen molar-refractivity contribution in [2.75, 3.05) is 5.43 Å². The van der Waals surface area contributed by atoms with Gasteiger partial charge in [0.05, 0.1) is 10.9 Å². The van der Waals surface area contributed by atoms with Gasteiger partial charge in [-0.05, 0) is 86.0 Å². The molecule has 1 N–H and O–H groups in total. The van der Waals surface area contributed by atoms with Crippen LogP contribution in [-0.2, 0) is 11.4 Å². The second-order valence-electron chi connectivity index (χ2n) is 10.4. The van der Waals surface area contributed by atoms with Gasteiger partial charge in [0.1, 0.15) is 12.4 Å². The Balaban J connectivity index is 1.27. The van der Waals surface area contributed by atoms with E-state index < -0.39 is 0 Å². The van der Waals surface area contributed by atoms with Gasteiger partial charge in [0.25, 0.3) is 5.56 Å². The highest BCUT2D eigenvalue weighted by Crippen LogP contribution is 2.61. The average molecular weight is 444 g/mol. The molecule has 4 fully saturated rings. The van der Waals surface area contributed by atoms with E-state index in [-0.39, 0.29) is 23.5 Å². The second kappa shape index (κ2) is 8.01.